The highest BCUT2D eigenvalue weighted by Crippen LogP contribution is 2.07. The third-order valence-electron chi connectivity index (χ3n) is 3.50. The molecule has 26 heavy (non-hydrogen) atoms. The monoisotopic (exact) mass is 342 g/mol. The minimum absolute atomic E-state index is 0.198. The van der Waals surface area contributed by atoms with Crippen LogP contribution < -0.4 is 10.9 Å². The average Bonchev–Trinajstić information content (AvgIpc) is 2.72. The second-order valence-electron chi connectivity index (χ2n) is 5.41. The molecule has 128 valence electrons. The van der Waals surface area contributed by atoms with Crippen molar-refractivity contribution in [2.45, 2.75) is 0 Å². The van der Waals surface area contributed by atoms with Crippen LogP contribution in [0.5, 0.6) is 0 Å². The number of hydrogen-bond acceptors (Lipinski definition) is 5. The third-order valence-corrected chi connectivity index (χ3v) is 3.50. The molecule has 0 amide bonds. The van der Waals surface area contributed by atoms with E-state index >= 15 is 0 Å². The normalized spacial score (nSPS) is 11.3. The fraction of sp³-hybridized carbons (Fsp3) is 0. The lowest BCUT2D eigenvalue weighted by atomic mass is 10.1. The SMILES string of the molecule is O=C(C(/C=N/Nc1ccccc1)=N/Nc1ccccc1)c1ccccc1. The van der Waals surface area contributed by atoms with Crippen molar-refractivity contribution in [2.24, 2.45) is 10.2 Å². The molecule has 0 saturated heterocycles. The van der Waals surface area contributed by atoms with Crippen molar-refractivity contribution in [3.63, 3.8) is 0 Å². The topological polar surface area (TPSA) is 65.8 Å². The van der Waals surface area contributed by atoms with Crippen molar-refractivity contribution in [1.29, 1.82) is 0 Å². The molecule has 0 aliphatic heterocycles. The number of carbonyl (C=O) groups excluding carboxylic acids is 1. The molecule has 0 radical (unpaired) electrons. The summed E-state index contributed by atoms with van der Waals surface area (Å²) in [5.41, 5.74) is 8.14. The summed E-state index contributed by atoms with van der Waals surface area (Å²) >= 11 is 0. The highest BCUT2D eigenvalue weighted by Gasteiger charge is 2.12. The third kappa shape index (κ3) is 4.88. The van der Waals surface area contributed by atoms with Gasteiger partial charge in [-0.2, -0.15) is 10.2 Å². The van der Waals surface area contributed by atoms with Gasteiger partial charge in [-0.1, -0.05) is 66.7 Å². The van der Waals surface area contributed by atoms with E-state index in [1.165, 1.54) is 6.21 Å². The van der Waals surface area contributed by atoms with E-state index in [1.54, 1.807) is 12.1 Å². The fourth-order valence-electron chi connectivity index (χ4n) is 2.19. The van der Waals surface area contributed by atoms with Crippen LogP contribution >= 0.6 is 0 Å². The van der Waals surface area contributed by atoms with Gasteiger partial charge < -0.3 is 0 Å². The van der Waals surface area contributed by atoms with Crippen LogP contribution in [0.15, 0.2) is 101 Å². The lowest BCUT2D eigenvalue weighted by Crippen LogP contribution is -2.18. The molecule has 0 saturated carbocycles. The van der Waals surface area contributed by atoms with E-state index in [2.05, 4.69) is 21.1 Å². The van der Waals surface area contributed by atoms with E-state index in [9.17, 15) is 4.79 Å². The summed E-state index contributed by atoms with van der Waals surface area (Å²) < 4.78 is 0. The average molecular weight is 342 g/mol. The highest BCUT2D eigenvalue weighted by molar-refractivity contribution is 6.64. The Bertz CT molecular complexity index is 891. The van der Waals surface area contributed by atoms with Gasteiger partial charge >= 0.3 is 0 Å². The van der Waals surface area contributed by atoms with Crippen molar-refractivity contribution in [3.05, 3.63) is 96.6 Å². The van der Waals surface area contributed by atoms with Gasteiger partial charge in [-0.3, -0.25) is 15.6 Å². The molecule has 5 nitrogen and oxygen atoms in total. The van der Waals surface area contributed by atoms with Gasteiger partial charge in [-0.05, 0) is 24.3 Å². The zero-order valence-corrected chi connectivity index (χ0v) is 14.0. The van der Waals surface area contributed by atoms with Crippen LogP contribution in [0.3, 0.4) is 0 Å². The first-order valence-corrected chi connectivity index (χ1v) is 8.15. The maximum Gasteiger partial charge on any atom is 0.214 e. The van der Waals surface area contributed by atoms with Gasteiger partial charge in [0, 0.05) is 5.56 Å². The first kappa shape index (κ1) is 17.1. The number of hydrazone groups is 2. The van der Waals surface area contributed by atoms with Gasteiger partial charge in [0.2, 0.25) is 5.78 Å². The number of anilines is 2. The number of nitrogens with one attached hydrogen (secondary N) is 2. The number of rotatable bonds is 7. The molecule has 0 aliphatic rings. The Morgan fingerprint density at radius 2 is 1.19 bits per heavy atom. The van der Waals surface area contributed by atoms with Crippen LogP contribution in [0.2, 0.25) is 0 Å². The molecule has 0 aromatic heterocycles. The van der Waals surface area contributed by atoms with Crippen molar-refractivity contribution in [3.8, 4) is 0 Å². The Morgan fingerprint density at radius 3 is 1.77 bits per heavy atom. The molecule has 3 aromatic rings. The highest BCUT2D eigenvalue weighted by atomic mass is 16.1. The van der Waals surface area contributed by atoms with Crippen molar-refractivity contribution >= 4 is 29.1 Å². The zero-order valence-electron chi connectivity index (χ0n) is 14.0. The molecule has 0 aliphatic carbocycles. The smallest absolute Gasteiger partial charge is 0.214 e. The standard InChI is InChI=1S/C21H18N4O/c26-21(17-10-4-1-5-11-17)20(25-24-19-14-8-3-9-15-19)16-22-23-18-12-6-2-7-13-18/h1-16,23-24H/b22-16+,25-20+. The van der Waals surface area contributed by atoms with E-state index in [0.717, 1.165) is 11.4 Å². The maximum absolute atomic E-state index is 12.7. The Labute approximate surface area is 152 Å². The van der Waals surface area contributed by atoms with Crippen molar-refractivity contribution < 1.29 is 4.79 Å². The largest absolute Gasteiger partial charge is 0.287 e. The second-order valence-corrected chi connectivity index (χ2v) is 5.41. The predicted octanol–water partition coefficient (Wildman–Crippen LogP) is 4.44. The van der Waals surface area contributed by atoms with Crippen LogP contribution in [0, 0.1) is 0 Å². The lowest BCUT2D eigenvalue weighted by molar-refractivity contribution is 0.106. The number of hydrogen-bond donors (Lipinski definition) is 2. The number of para-hydroxylation sites is 2. The molecule has 0 atom stereocenters. The van der Waals surface area contributed by atoms with E-state index < -0.39 is 0 Å². The molecular weight excluding hydrogens is 324 g/mol. The minimum atomic E-state index is -0.215. The van der Waals surface area contributed by atoms with Gasteiger partial charge in [0.05, 0.1) is 17.6 Å². The zero-order chi connectivity index (χ0) is 18.0. The first-order chi connectivity index (χ1) is 12.8. The summed E-state index contributed by atoms with van der Waals surface area (Å²) in [4.78, 5) is 12.7. The van der Waals surface area contributed by atoms with E-state index in [1.807, 2.05) is 78.9 Å². The van der Waals surface area contributed by atoms with Gasteiger partial charge in [0.1, 0.15) is 0 Å². The van der Waals surface area contributed by atoms with Gasteiger partial charge in [0.25, 0.3) is 0 Å². The maximum atomic E-state index is 12.7. The van der Waals surface area contributed by atoms with E-state index in [4.69, 9.17) is 0 Å². The van der Waals surface area contributed by atoms with Crippen LogP contribution in [-0.2, 0) is 0 Å². The molecule has 0 heterocycles. The number of nitrogens with zero attached hydrogens (tertiary/aromatic N) is 2. The van der Waals surface area contributed by atoms with Gasteiger partial charge in [-0.15, -0.1) is 0 Å². The van der Waals surface area contributed by atoms with Crippen LogP contribution in [0.1, 0.15) is 10.4 Å². The van der Waals surface area contributed by atoms with Crippen LogP contribution in [-0.4, -0.2) is 17.7 Å². The van der Waals surface area contributed by atoms with E-state index in [0.29, 0.717) is 5.56 Å². The minimum Gasteiger partial charge on any atom is -0.287 e. The summed E-state index contributed by atoms with van der Waals surface area (Å²) in [7, 11) is 0. The van der Waals surface area contributed by atoms with Crippen LogP contribution in [0.4, 0.5) is 11.4 Å². The summed E-state index contributed by atoms with van der Waals surface area (Å²) in [6.45, 7) is 0. The Morgan fingerprint density at radius 1 is 0.692 bits per heavy atom. The molecular formula is C21H18N4O. The van der Waals surface area contributed by atoms with E-state index in [-0.39, 0.29) is 11.5 Å². The molecule has 3 rings (SSSR count). The number of Topliss-reactive ketones (excluding diaryl/α,β-unsaturated/α-hetero) is 1. The molecule has 0 bridgehead atoms. The molecule has 5 heteroatoms. The summed E-state index contributed by atoms with van der Waals surface area (Å²) in [5.74, 6) is -0.215. The Balaban J connectivity index is 1.79. The second kappa shape index (κ2) is 8.94. The predicted molar refractivity (Wildman–Crippen MR) is 107 cm³/mol. The number of benzene rings is 3. The summed E-state index contributed by atoms with van der Waals surface area (Å²) in [6.07, 6.45) is 1.41. The molecule has 0 spiro atoms. The molecule has 0 fully saturated rings. The van der Waals surface area contributed by atoms with Gasteiger partial charge in [-0.25, -0.2) is 0 Å². The van der Waals surface area contributed by atoms with Crippen molar-refractivity contribution in [1.82, 2.24) is 0 Å². The lowest BCUT2D eigenvalue weighted by Gasteiger charge is -2.04. The first-order valence-electron chi connectivity index (χ1n) is 8.15. The summed E-state index contributed by atoms with van der Waals surface area (Å²) in [6, 6.07) is 27.9. The Kier molecular flexibility index (Phi) is 5.88. The van der Waals surface area contributed by atoms with Gasteiger partial charge in [0.15, 0.2) is 5.71 Å². The molecule has 0 unspecified atom stereocenters. The number of carbonyl (C=O) groups is 1. The summed E-state index contributed by atoms with van der Waals surface area (Å²) in [5, 5.41) is 8.36. The quantitative estimate of drug-likeness (QED) is 0.379. The number of ketones is 1. The fourth-order valence-corrected chi connectivity index (χ4v) is 2.19. The molecule has 2 N–H and O–H groups in total. The van der Waals surface area contributed by atoms with Crippen molar-refractivity contribution in [2.75, 3.05) is 10.9 Å². The Hall–Kier alpha value is -3.73. The van der Waals surface area contributed by atoms with Crippen LogP contribution in [0.25, 0.3) is 0 Å². The molecule has 3 aromatic carbocycles.